The number of rotatable bonds is 3. The van der Waals surface area contributed by atoms with Crippen LogP contribution in [0.3, 0.4) is 0 Å². The largest absolute Gasteiger partial charge is 0.337 e. The molecule has 75 valence electrons. The Balaban J connectivity index is 2.24. The highest BCUT2D eigenvalue weighted by Gasteiger charge is 2.33. The van der Waals surface area contributed by atoms with Gasteiger partial charge in [0.1, 0.15) is 6.61 Å². The molecule has 1 radical (unpaired) electrons. The lowest BCUT2D eigenvalue weighted by Crippen LogP contribution is -2.05. The van der Waals surface area contributed by atoms with E-state index in [9.17, 15) is 8.42 Å². The van der Waals surface area contributed by atoms with Crippen LogP contribution in [0.4, 0.5) is 0 Å². The molecule has 0 atom stereocenters. The standard InChI is InChI=1S/C9H9O4S/c1-7-2-4-8(5-3-7)14(10,11)13-9-6-12-9/h2-5H,6H2,1H3. The molecule has 5 heteroatoms. The number of hydrogen-bond acceptors (Lipinski definition) is 4. The van der Waals surface area contributed by atoms with Crippen LogP contribution < -0.4 is 0 Å². The molecule has 1 heterocycles. The van der Waals surface area contributed by atoms with Crippen LogP contribution in [0, 0.1) is 13.2 Å². The third-order valence-corrected chi connectivity index (χ3v) is 3.03. The van der Waals surface area contributed by atoms with E-state index in [1.165, 1.54) is 12.1 Å². The SMILES string of the molecule is Cc1ccc(S(=O)(=O)O[C]2CO2)cc1. The zero-order valence-electron chi connectivity index (χ0n) is 7.56. The van der Waals surface area contributed by atoms with Crippen LogP contribution in [0.15, 0.2) is 29.2 Å². The molecule has 1 aliphatic heterocycles. The minimum Gasteiger partial charge on any atom is -0.337 e. The van der Waals surface area contributed by atoms with E-state index >= 15 is 0 Å². The third-order valence-electron chi connectivity index (χ3n) is 1.77. The van der Waals surface area contributed by atoms with Gasteiger partial charge in [-0.2, -0.15) is 8.42 Å². The van der Waals surface area contributed by atoms with Gasteiger partial charge in [0.15, 0.2) is 0 Å². The first-order valence-electron chi connectivity index (χ1n) is 4.08. The highest BCUT2D eigenvalue weighted by atomic mass is 32.2. The average Bonchev–Trinajstić information content (AvgIpc) is 2.88. The van der Waals surface area contributed by atoms with E-state index in [4.69, 9.17) is 0 Å². The summed E-state index contributed by atoms with van der Waals surface area (Å²) in [6, 6.07) is 6.45. The van der Waals surface area contributed by atoms with E-state index in [-0.39, 0.29) is 17.8 Å². The van der Waals surface area contributed by atoms with Crippen molar-refractivity contribution in [2.24, 2.45) is 0 Å². The van der Waals surface area contributed by atoms with Gasteiger partial charge in [-0.25, -0.2) is 4.18 Å². The number of benzene rings is 1. The van der Waals surface area contributed by atoms with E-state index in [0.717, 1.165) is 5.56 Å². The predicted molar refractivity (Wildman–Crippen MR) is 48.6 cm³/mol. The fourth-order valence-corrected chi connectivity index (χ4v) is 1.86. The molecule has 1 saturated heterocycles. The fourth-order valence-electron chi connectivity index (χ4n) is 0.953. The first kappa shape index (κ1) is 9.64. The molecule has 0 saturated carbocycles. The van der Waals surface area contributed by atoms with Gasteiger partial charge in [0.05, 0.1) is 4.90 Å². The Hall–Kier alpha value is -0.910. The van der Waals surface area contributed by atoms with Gasteiger partial charge in [-0.3, -0.25) is 0 Å². The molecule has 0 bridgehead atoms. The summed E-state index contributed by atoms with van der Waals surface area (Å²) in [6.45, 7) is 2.15. The average molecular weight is 213 g/mol. The van der Waals surface area contributed by atoms with Crippen molar-refractivity contribution in [3.05, 3.63) is 36.1 Å². The first-order chi connectivity index (χ1) is 6.58. The molecule has 1 aromatic rings. The van der Waals surface area contributed by atoms with Gasteiger partial charge in [-0.1, -0.05) is 17.7 Å². The van der Waals surface area contributed by atoms with Crippen LogP contribution in [0.5, 0.6) is 0 Å². The summed E-state index contributed by atoms with van der Waals surface area (Å²) in [5, 5.41) is 0. The van der Waals surface area contributed by atoms with E-state index in [1.54, 1.807) is 12.1 Å². The molecule has 4 nitrogen and oxygen atoms in total. The molecule has 0 amide bonds. The Bertz CT molecular complexity index is 417. The monoisotopic (exact) mass is 213 g/mol. The number of aryl methyl sites for hydroxylation is 1. The minimum atomic E-state index is -3.68. The number of hydrogen-bond donors (Lipinski definition) is 0. The van der Waals surface area contributed by atoms with Crippen molar-refractivity contribution >= 4 is 10.1 Å². The van der Waals surface area contributed by atoms with Crippen LogP contribution in [0.1, 0.15) is 5.56 Å². The summed E-state index contributed by atoms with van der Waals surface area (Å²) >= 11 is 0. The molecule has 1 aliphatic rings. The van der Waals surface area contributed by atoms with Gasteiger partial charge in [-0.05, 0) is 19.1 Å². The summed E-state index contributed by atoms with van der Waals surface area (Å²) in [4.78, 5) is 0.145. The lowest BCUT2D eigenvalue weighted by Gasteiger charge is -2.01. The minimum absolute atomic E-state index is 0.145. The second-order valence-electron chi connectivity index (χ2n) is 3.01. The van der Waals surface area contributed by atoms with Crippen LogP contribution in [0.2, 0.25) is 0 Å². The lowest BCUT2D eigenvalue weighted by molar-refractivity contribution is 0.276. The predicted octanol–water partition coefficient (Wildman–Crippen LogP) is 1.22. The third kappa shape index (κ3) is 2.12. The molecule has 0 aliphatic carbocycles. The Labute approximate surface area is 82.6 Å². The molecule has 0 aromatic heterocycles. The fraction of sp³-hybridized carbons (Fsp3) is 0.222. The highest BCUT2D eigenvalue weighted by molar-refractivity contribution is 7.86. The van der Waals surface area contributed by atoms with Crippen molar-refractivity contribution in [2.45, 2.75) is 11.8 Å². The molecule has 0 spiro atoms. The van der Waals surface area contributed by atoms with Gasteiger partial charge in [0, 0.05) is 0 Å². The van der Waals surface area contributed by atoms with E-state index < -0.39 is 10.1 Å². The quantitative estimate of drug-likeness (QED) is 0.559. The van der Waals surface area contributed by atoms with Crippen molar-refractivity contribution in [3.8, 4) is 0 Å². The Morgan fingerprint density at radius 1 is 1.29 bits per heavy atom. The summed E-state index contributed by atoms with van der Waals surface area (Å²) in [6.07, 6.45) is 0.158. The number of epoxide rings is 1. The zero-order valence-corrected chi connectivity index (χ0v) is 8.37. The van der Waals surface area contributed by atoms with E-state index in [2.05, 4.69) is 8.92 Å². The van der Waals surface area contributed by atoms with Crippen LogP contribution in [0.25, 0.3) is 0 Å². The molecule has 14 heavy (non-hydrogen) atoms. The van der Waals surface area contributed by atoms with Crippen LogP contribution in [-0.2, 0) is 19.0 Å². The van der Waals surface area contributed by atoms with Crippen LogP contribution in [-0.4, -0.2) is 15.0 Å². The second-order valence-corrected chi connectivity index (χ2v) is 4.56. The van der Waals surface area contributed by atoms with Crippen LogP contribution >= 0.6 is 0 Å². The van der Waals surface area contributed by atoms with Gasteiger partial charge in [-0.15, -0.1) is 0 Å². The maximum absolute atomic E-state index is 11.5. The van der Waals surface area contributed by atoms with Gasteiger partial charge in [0.2, 0.25) is 0 Å². The molecular weight excluding hydrogens is 204 g/mol. The van der Waals surface area contributed by atoms with Crippen molar-refractivity contribution in [1.82, 2.24) is 0 Å². The Morgan fingerprint density at radius 3 is 2.36 bits per heavy atom. The second kappa shape index (κ2) is 3.34. The van der Waals surface area contributed by atoms with Gasteiger partial charge < -0.3 is 4.74 Å². The maximum Gasteiger partial charge on any atom is 0.299 e. The summed E-state index contributed by atoms with van der Waals surface area (Å²) in [5.41, 5.74) is 0.999. The Morgan fingerprint density at radius 2 is 1.86 bits per heavy atom. The van der Waals surface area contributed by atoms with Gasteiger partial charge >= 0.3 is 0 Å². The molecule has 1 aromatic carbocycles. The Kier molecular flexibility index (Phi) is 2.30. The maximum atomic E-state index is 11.5. The first-order valence-corrected chi connectivity index (χ1v) is 5.48. The van der Waals surface area contributed by atoms with Gasteiger partial charge in [0.25, 0.3) is 16.4 Å². The zero-order chi connectivity index (χ0) is 10.2. The molecule has 2 rings (SSSR count). The summed E-state index contributed by atoms with van der Waals surface area (Å²) in [5.74, 6) is 0. The molecule has 0 N–H and O–H groups in total. The molecular formula is C9H9O4S. The van der Waals surface area contributed by atoms with E-state index in [1.807, 2.05) is 6.92 Å². The lowest BCUT2D eigenvalue weighted by atomic mass is 10.2. The number of ether oxygens (including phenoxy) is 1. The molecule has 0 unspecified atom stereocenters. The molecule has 1 fully saturated rings. The van der Waals surface area contributed by atoms with Crippen molar-refractivity contribution in [1.29, 1.82) is 0 Å². The highest BCUT2D eigenvalue weighted by Crippen LogP contribution is 2.26. The topological polar surface area (TPSA) is 55.9 Å². The van der Waals surface area contributed by atoms with Crippen molar-refractivity contribution in [3.63, 3.8) is 0 Å². The normalized spacial score (nSPS) is 16.9. The van der Waals surface area contributed by atoms with Crippen molar-refractivity contribution < 1.29 is 17.3 Å². The van der Waals surface area contributed by atoms with E-state index in [0.29, 0.717) is 0 Å². The summed E-state index contributed by atoms with van der Waals surface area (Å²) < 4.78 is 32.2. The smallest absolute Gasteiger partial charge is 0.299 e. The van der Waals surface area contributed by atoms with Crippen molar-refractivity contribution in [2.75, 3.05) is 6.61 Å². The summed E-state index contributed by atoms with van der Waals surface area (Å²) in [7, 11) is -3.68.